The highest BCUT2D eigenvalue weighted by atomic mass is 32.2. The molecule has 110 valence electrons. The van der Waals surface area contributed by atoms with Crippen LogP contribution in [0.1, 0.15) is 46.0 Å². The maximum atomic E-state index is 11.8. The van der Waals surface area contributed by atoms with Gasteiger partial charge in [-0.25, -0.2) is 9.59 Å². The second-order valence-corrected chi connectivity index (χ2v) is 6.33. The molecule has 1 rings (SSSR count). The molecule has 6 heteroatoms. The number of nitrogens with one attached hydrogen (secondary N) is 2. The first-order valence-electron chi connectivity index (χ1n) is 6.95. The SMILES string of the molecule is CCC(CC)(NC(=O)NCC1CCCCS1)C(=O)O. The third kappa shape index (κ3) is 4.60. The Morgan fingerprint density at radius 2 is 2.00 bits per heavy atom. The summed E-state index contributed by atoms with van der Waals surface area (Å²) in [5.74, 6) is 0.177. The zero-order valence-electron chi connectivity index (χ0n) is 11.7. The molecule has 0 aromatic carbocycles. The fourth-order valence-corrected chi connectivity index (χ4v) is 3.46. The van der Waals surface area contributed by atoms with E-state index < -0.39 is 11.5 Å². The summed E-state index contributed by atoms with van der Waals surface area (Å²) in [6.45, 7) is 4.16. The van der Waals surface area contributed by atoms with Crippen molar-refractivity contribution in [2.45, 2.75) is 56.7 Å². The van der Waals surface area contributed by atoms with Gasteiger partial charge in [-0.05, 0) is 31.4 Å². The van der Waals surface area contributed by atoms with Crippen LogP contribution >= 0.6 is 11.8 Å². The molecule has 1 unspecified atom stereocenters. The van der Waals surface area contributed by atoms with Crippen molar-refractivity contribution >= 4 is 23.8 Å². The molecule has 0 radical (unpaired) electrons. The smallest absolute Gasteiger partial charge is 0.329 e. The molecule has 0 saturated carbocycles. The number of thioether (sulfide) groups is 1. The van der Waals surface area contributed by atoms with Gasteiger partial charge in [0, 0.05) is 11.8 Å². The van der Waals surface area contributed by atoms with Gasteiger partial charge in [0.15, 0.2) is 0 Å². The second kappa shape index (κ2) is 7.62. The van der Waals surface area contributed by atoms with Gasteiger partial charge in [-0.1, -0.05) is 20.3 Å². The molecule has 0 spiro atoms. The zero-order chi connectivity index (χ0) is 14.3. The number of hydrogen-bond acceptors (Lipinski definition) is 3. The Morgan fingerprint density at radius 1 is 1.32 bits per heavy atom. The number of hydrogen-bond donors (Lipinski definition) is 3. The van der Waals surface area contributed by atoms with E-state index in [1.54, 1.807) is 13.8 Å². The summed E-state index contributed by atoms with van der Waals surface area (Å²) >= 11 is 1.88. The lowest BCUT2D eigenvalue weighted by atomic mass is 9.93. The number of rotatable bonds is 6. The molecule has 1 fully saturated rings. The number of urea groups is 1. The molecule has 5 nitrogen and oxygen atoms in total. The fourth-order valence-electron chi connectivity index (χ4n) is 2.22. The maximum absolute atomic E-state index is 11.8. The van der Waals surface area contributed by atoms with Crippen LogP contribution in [0.2, 0.25) is 0 Å². The van der Waals surface area contributed by atoms with E-state index in [0.717, 1.165) is 12.2 Å². The number of carboxylic acids is 1. The van der Waals surface area contributed by atoms with E-state index in [-0.39, 0.29) is 6.03 Å². The van der Waals surface area contributed by atoms with Gasteiger partial charge in [0.1, 0.15) is 5.54 Å². The Labute approximate surface area is 118 Å². The molecule has 3 N–H and O–H groups in total. The van der Waals surface area contributed by atoms with E-state index in [9.17, 15) is 14.7 Å². The van der Waals surface area contributed by atoms with Crippen LogP contribution in [-0.4, -0.2) is 40.2 Å². The molecule has 0 aromatic heterocycles. The highest BCUT2D eigenvalue weighted by Crippen LogP contribution is 2.24. The highest BCUT2D eigenvalue weighted by Gasteiger charge is 2.36. The molecule has 2 amide bonds. The second-order valence-electron chi connectivity index (χ2n) is 4.92. The Kier molecular flexibility index (Phi) is 6.48. The van der Waals surface area contributed by atoms with E-state index in [0.29, 0.717) is 24.6 Å². The van der Waals surface area contributed by atoms with Crippen LogP contribution in [0, 0.1) is 0 Å². The predicted octanol–water partition coefficient (Wildman–Crippen LogP) is 2.21. The minimum absolute atomic E-state index is 0.378. The molecular weight excluding hydrogens is 264 g/mol. The topological polar surface area (TPSA) is 78.4 Å². The molecular formula is C13H24N2O3S. The predicted molar refractivity (Wildman–Crippen MR) is 77.6 cm³/mol. The minimum atomic E-state index is -1.15. The maximum Gasteiger partial charge on any atom is 0.329 e. The van der Waals surface area contributed by atoms with Crippen molar-refractivity contribution in [3.8, 4) is 0 Å². The fraction of sp³-hybridized carbons (Fsp3) is 0.846. The number of amides is 2. The van der Waals surface area contributed by atoms with Gasteiger partial charge in [-0.3, -0.25) is 0 Å². The van der Waals surface area contributed by atoms with Crippen molar-refractivity contribution in [2.75, 3.05) is 12.3 Å². The first kappa shape index (κ1) is 16.1. The van der Waals surface area contributed by atoms with Gasteiger partial charge >= 0.3 is 12.0 Å². The highest BCUT2D eigenvalue weighted by molar-refractivity contribution is 7.99. The van der Waals surface area contributed by atoms with Gasteiger partial charge in [0.05, 0.1) is 0 Å². The van der Waals surface area contributed by atoms with Crippen LogP contribution in [0.3, 0.4) is 0 Å². The number of aliphatic carboxylic acids is 1. The van der Waals surface area contributed by atoms with Crippen LogP contribution in [0.4, 0.5) is 4.79 Å². The van der Waals surface area contributed by atoms with Crippen LogP contribution in [-0.2, 0) is 4.79 Å². The molecule has 0 aliphatic carbocycles. The van der Waals surface area contributed by atoms with Crippen molar-refractivity contribution in [3.05, 3.63) is 0 Å². The van der Waals surface area contributed by atoms with E-state index in [2.05, 4.69) is 10.6 Å². The van der Waals surface area contributed by atoms with Gasteiger partial charge in [-0.15, -0.1) is 0 Å². The minimum Gasteiger partial charge on any atom is -0.480 e. The quantitative estimate of drug-likeness (QED) is 0.700. The van der Waals surface area contributed by atoms with Gasteiger partial charge in [0.2, 0.25) is 0 Å². The summed E-state index contributed by atoms with van der Waals surface area (Å²) in [6, 6.07) is -0.378. The van der Waals surface area contributed by atoms with Crippen molar-refractivity contribution < 1.29 is 14.7 Å². The van der Waals surface area contributed by atoms with Crippen molar-refractivity contribution in [1.29, 1.82) is 0 Å². The lowest BCUT2D eigenvalue weighted by molar-refractivity contribution is -0.144. The molecule has 19 heavy (non-hydrogen) atoms. The van der Waals surface area contributed by atoms with Crippen LogP contribution < -0.4 is 10.6 Å². The first-order valence-corrected chi connectivity index (χ1v) is 8.00. The number of carbonyl (C=O) groups is 2. The molecule has 0 aromatic rings. The summed E-state index contributed by atoms with van der Waals surface area (Å²) in [5.41, 5.74) is -1.15. The number of carbonyl (C=O) groups excluding carboxylic acids is 1. The monoisotopic (exact) mass is 288 g/mol. The third-order valence-corrected chi connectivity index (χ3v) is 5.13. The Bertz CT molecular complexity index is 313. The summed E-state index contributed by atoms with van der Waals surface area (Å²) in [5, 5.41) is 15.1. The zero-order valence-corrected chi connectivity index (χ0v) is 12.5. The Morgan fingerprint density at radius 3 is 2.47 bits per heavy atom. The molecule has 1 aliphatic rings. The lowest BCUT2D eigenvalue weighted by Gasteiger charge is -2.29. The van der Waals surface area contributed by atoms with Gasteiger partial charge in [0.25, 0.3) is 0 Å². The summed E-state index contributed by atoms with van der Waals surface area (Å²) in [4.78, 5) is 23.1. The van der Waals surface area contributed by atoms with E-state index in [1.165, 1.54) is 12.8 Å². The van der Waals surface area contributed by atoms with Crippen molar-refractivity contribution in [3.63, 3.8) is 0 Å². The van der Waals surface area contributed by atoms with Gasteiger partial charge < -0.3 is 15.7 Å². The third-order valence-electron chi connectivity index (χ3n) is 3.73. The van der Waals surface area contributed by atoms with E-state index in [4.69, 9.17) is 0 Å². The average molecular weight is 288 g/mol. The van der Waals surface area contributed by atoms with E-state index >= 15 is 0 Å². The molecule has 0 bridgehead atoms. The van der Waals surface area contributed by atoms with Crippen LogP contribution in [0.25, 0.3) is 0 Å². The average Bonchev–Trinajstić information content (AvgIpc) is 2.43. The summed E-state index contributed by atoms with van der Waals surface area (Å²) in [6.07, 6.45) is 4.34. The van der Waals surface area contributed by atoms with E-state index in [1.807, 2.05) is 11.8 Å². The van der Waals surface area contributed by atoms with Crippen molar-refractivity contribution in [1.82, 2.24) is 10.6 Å². The lowest BCUT2D eigenvalue weighted by Crippen LogP contribution is -2.57. The van der Waals surface area contributed by atoms with Gasteiger partial charge in [-0.2, -0.15) is 11.8 Å². The largest absolute Gasteiger partial charge is 0.480 e. The standard InChI is InChI=1S/C13H24N2O3S/c1-3-13(4-2,11(16)17)15-12(18)14-9-10-7-5-6-8-19-10/h10H,3-9H2,1-2H3,(H,16,17)(H2,14,15,18). The molecule has 1 atom stereocenters. The number of carboxylic acid groups (broad SMARTS) is 1. The molecule has 1 aliphatic heterocycles. The molecule has 1 saturated heterocycles. The first-order chi connectivity index (χ1) is 9.04. The van der Waals surface area contributed by atoms with Crippen LogP contribution in [0.15, 0.2) is 0 Å². The summed E-state index contributed by atoms with van der Waals surface area (Å²) in [7, 11) is 0. The Hall–Kier alpha value is -0.910. The Balaban J connectivity index is 2.42. The normalized spacial score (nSPS) is 19.8. The van der Waals surface area contributed by atoms with Crippen LogP contribution in [0.5, 0.6) is 0 Å². The summed E-state index contributed by atoms with van der Waals surface area (Å²) < 4.78 is 0. The molecule has 1 heterocycles. The van der Waals surface area contributed by atoms with Crippen molar-refractivity contribution in [2.24, 2.45) is 0 Å².